The number of hydrogen-bond donors (Lipinski definition) is 2. The molecule has 0 aromatic carbocycles. The second-order valence-electron chi connectivity index (χ2n) is 4.86. The van der Waals surface area contributed by atoms with Gasteiger partial charge in [-0.25, -0.2) is 9.78 Å². The minimum absolute atomic E-state index is 0.204. The maximum absolute atomic E-state index is 12.0. The third-order valence-electron chi connectivity index (χ3n) is 3.40. The molecule has 1 aliphatic rings. The van der Waals surface area contributed by atoms with Crippen molar-refractivity contribution in [2.45, 2.75) is 32.7 Å². The van der Waals surface area contributed by atoms with E-state index in [-0.39, 0.29) is 6.03 Å². The van der Waals surface area contributed by atoms with Gasteiger partial charge in [0.05, 0.1) is 12.5 Å². The third-order valence-corrected chi connectivity index (χ3v) is 4.54. The predicted molar refractivity (Wildman–Crippen MR) is 75.7 cm³/mol. The second kappa shape index (κ2) is 6.69. The van der Waals surface area contributed by atoms with E-state index in [4.69, 9.17) is 5.11 Å². The van der Waals surface area contributed by atoms with Gasteiger partial charge in [0.25, 0.3) is 0 Å². The first-order valence-corrected chi connectivity index (χ1v) is 7.61. The minimum Gasteiger partial charge on any atom is -0.481 e. The lowest BCUT2D eigenvalue weighted by atomic mass is 9.99. The number of carbonyl (C=O) groups is 2. The number of carboxylic acids is 1. The van der Waals surface area contributed by atoms with Crippen LogP contribution in [-0.2, 0) is 17.8 Å². The first-order chi connectivity index (χ1) is 9.60. The van der Waals surface area contributed by atoms with E-state index in [9.17, 15) is 9.59 Å². The highest BCUT2D eigenvalue weighted by Crippen LogP contribution is 2.17. The Morgan fingerprint density at radius 3 is 3.05 bits per heavy atom. The normalized spacial score (nSPS) is 18.9. The van der Waals surface area contributed by atoms with Gasteiger partial charge in [-0.2, -0.15) is 0 Å². The summed E-state index contributed by atoms with van der Waals surface area (Å²) in [5.41, 5.74) is 0. The Morgan fingerprint density at radius 1 is 1.60 bits per heavy atom. The second-order valence-corrected chi connectivity index (χ2v) is 6.06. The molecule has 7 heteroatoms. The summed E-state index contributed by atoms with van der Waals surface area (Å²) in [6.07, 6.45) is 4.15. The summed E-state index contributed by atoms with van der Waals surface area (Å²) in [4.78, 5) is 30.0. The van der Waals surface area contributed by atoms with Gasteiger partial charge in [0.1, 0.15) is 5.01 Å². The van der Waals surface area contributed by atoms with Crippen molar-refractivity contribution >= 4 is 23.3 Å². The van der Waals surface area contributed by atoms with Gasteiger partial charge in [0.2, 0.25) is 0 Å². The average molecular weight is 297 g/mol. The molecule has 0 unspecified atom stereocenters. The minimum atomic E-state index is -0.824. The lowest BCUT2D eigenvalue weighted by Gasteiger charge is -2.30. The molecule has 2 N–H and O–H groups in total. The van der Waals surface area contributed by atoms with Gasteiger partial charge >= 0.3 is 12.0 Å². The maximum atomic E-state index is 12.0. The van der Waals surface area contributed by atoms with E-state index in [1.54, 1.807) is 16.2 Å². The van der Waals surface area contributed by atoms with E-state index in [2.05, 4.69) is 17.2 Å². The number of carboxylic acid groups (broad SMARTS) is 1. The number of thiazole rings is 1. The number of amides is 2. The number of aromatic nitrogens is 1. The number of aryl methyl sites for hydroxylation is 1. The van der Waals surface area contributed by atoms with Gasteiger partial charge in [-0.3, -0.25) is 4.79 Å². The molecule has 1 saturated heterocycles. The number of piperidine rings is 1. The molecular weight excluding hydrogens is 278 g/mol. The summed E-state index contributed by atoms with van der Waals surface area (Å²) >= 11 is 1.59. The number of aliphatic carboxylic acids is 1. The van der Waals surface area contributed by atoms with E-state index in [0.29, 0.717) is 26.1 Å². The van der Waals surface area contributed by atoms with Crippen LogP contribution < -0.4 is 5.32 Å². The monoisotopic (exact) mass is 297 g/mol. The highest BCUT2D eigenvalue weighted by Gasteiger charge is 2.27. The topological polar surface area (TPSA) is 82.5 Å². The molecular formula is C13H19N3O3S. The highest BCUT2D eigenvalue weighted by atomic mass is 32.1. The summed E-state index contributed by atoms with van der Waals surface area (Å²) in [7, 11) is 0. The Labute approximate surface area is 121 Å². The molecule has 0 aliphatic carbocycles. The molecule has 1 aliphatic heterocycles. The molecule has 2 amide bonds. The summed E-state index contributed by atoms with van der Waals surface area (Å²) < 4.78 is 0. The Kier molecular flexibility index (Phi) is 4.94. The maximum Gasteiger partial charge on any atom is 0.317 e. The molecule has 6 nitrogen and oxygen atoms in total. The smallest absolute Gasteiger partial charge is 0.317 e. The van der Waals surface area contributed by atoms with Crippen LogP contribution in [0.15, 0.2) is 6.20 Å². The van der Waals surface area contributed by atoms with Crippen molar-refractivity contribution in [2.75, 3.05) is 13.1 Å². The molecule has 0 saturated carbocycles. The standard InChI is InChI=1S/C13H19N3O3S/c1-2-10-6-14-11(20-10)7-15-13(19)16-5-3-4-9(8-16)12(17)18/h6,9H,2-5,7-8H2,1H3,(H,15,19)(H,17,18)/t9-/m0/s1. The van der Waals surface area contributed by atoms with Crippen molar-refractivity contribution in [2.24, 2.45) is 5.92 Å². The fraction of sp³-hybridized carbons (Fsp3) is 0.615. The number of rotatable bonds is 4. The molecule has 1 fully saturated rings. The SMILES string of the molecule is CCc1cnc(CNC(=O)N2CCC[C@H](C(=O)O)C2)s1. The van der Waals surface area contributed by atoms with Crippen molar-refractivity contribution in [3.8, 4) is 0 Å². The number of nitrogens with zero attached hydrogens (tertiary/aromatic N) is 2. The quantitative estimate of drug-likeness (QED) is 0.886. The third kappa shape index (κ3) is 3.69. The molecule has 0 radical (unpaired) electrons. The average Bonchev–Trinajstić information content (AvgIpc) is 2.93. The van der Waals surface area contributed by atoms with Crippen LogP contribution in [0, 0.1) is 5.92 Å². The zero-order valence-electron chi connectivity index (χ0n) is 11.5. The number of likely N-dealkylation sites (tertiary alicyclic amines) is 1. The lowest BCUT2D eigenvalue weighted by Crippen LogP contribution is -2.46. The molecule has 1 aromatic rings. The summed E-state index contributed by atoms with van der Waals surface area (Å²) in [6.45, 7) is 3.38. The number of hydrogen-bond acceptors (Lipinski definition) is 4. The molecule has 20 heavy (non-hydrogen) atoms. The van der Waals surface area contributed by atoms with Gasteiger partial charge < -0.3 is 15.3 Å². The summed E-state index contributed by atoms with van der Waals surface area (Å²) in [6, 6.07) is -0.204. The largest absolute Gasteiger partial charge is 0.481 e. The van der Waals surface area contributed by atoms with Gasteiger partial charge in [0.15, 0.2) is 0 Å². The molecule has 2 rings (SSSR count). The van der Waals surface area contributed by atoms with Crippen molar-refractivity contribution < 1.29 is 14.7 Å². The summed E-state index contributed by atoms with van der Waals surface area (Å²) in [5.74, 6) is -1.27. The van der Waals surface area contributed by atoms with Crippen LogP contribution in [-0.4, -0.2) is 40.1 Å². The van der Waals surface area contributed by atoms with Crippen LogP contribution in [0.2, 0.25) is 0 Å². The van der Waals surface area contributed by atoms with Crippen LogP contribution in [0.1, 0.15) is 29.7 Å². The fourth-order valence-electron chi connectivity index (χ4n) is 2.22. The molecule has 1 atom stereocenters. The highest BCUT2D eigenvalue weighted by molar-refractivity contribution is 7.11. The van der Waals surface area contributed by atoms with E-state index in [1.165, 1.54) is 4.88 Å². The van der Waals surface area contributed by atoms with Gasteiger partial charge in [-0.15, -0.1) is 11.3 Å². The Hall–Kier alpha value is -1.63. The number of urea groups is 1. The number of carbonyl (C=O) groups excluding carboxylic acids is 1. The Morgan fingerprint density at radius 2 is 2.40 bits per heavy atom. The first-order valence-electron chi connectivity index (χ1n) is 6.79. The van der Waals surface area contributed by atoms with E-state index in [0.717, 1.165) is 17.8 Å². The van der Waals surface area contributed by atoms with Crippen LogP contribution in [0.3, 0.4) is 0 Å². The number of nitrogens with one attached hydrogen (secondary N) is 1. The van der Waals surface area contributed by atoms with Crippen molar-refractivity contribution in [1.29, 1.82) is 0 Å². The van der Waals surface area contributed by atoms with E-state index >= 15 is 0 Å². The molecule has 0 spiro atoms. The van der Waals surface area contributed by atoms with E-state index < -0.39 is 11.9 Å². The lowest BCUT2D eigenvalue weighted by molar-refractivity contribution is -0.143. The summed E-state index contributed by atoms with van der Waals surface area (Å²) in [5, 5.41) is 12.7. The van der Waals surface area contributed by atoms with Gasteiger partial charge in [-0.05, 0) is 19.3 Å². The molecule has 1 aromatic heterocycles. The zero-order chi connectivity index (χ0) is 14.5. The zero-order valence-corrected chi connectivity index (χ0v) is 12.3. The Bertz CT molecular complexity index is 489. The Balaban J connectivity index is 1.83. The van der Waals surface area contributed by atoms with Crippen LogP contribution in [0.5, 0.6) is 0 Å². The van der Waals surface area contributed by atoms with Crippen molar-refractivity contribution in [3.63, 3.8) is 0 Å². The fourth-order valence-corrected chi connectivity index (χ4v) is 3.02. The molecule has 0 bridgehead atoms. The van der Waals surface area contributed by atoms with Gasteiger partial charge in [0, 0.05) is 24.2 Å². The van der Waals surface area contributed by atoms with Crippen molar-refractivity contribution in [3.05, 3.63) is 16.1 Å². The van der Waals surface area contributed by atoms with Crippen LogP contribution >= 0.6 is 11.3 Å². The van der Waals surface area contributed by atoms with E-state index in [1.807, 2.05) is 6.20 Å². The van der Waals surface area contributed by atoms with Crippen LogP contribution in [0.25, 0.3) is 0 Å². The molecule has 110 valence electrons. The molecule has 2 heterocycles. The van der Waals surface area contributed by atoms with Crippen molar-refractivity contribution in [1.82, 2.24) is 15.2 Å². The predicted octanol–water partition coefficient (Wildman–Crippen LogP) is 1.71. The van der Waals surface area contributed by atoms with Gasteiger partial charge in [-0.1, -0.05) is 6.92 Å². The first kappa shape index (κ1) is 14.8. The van der Waals surface area contributed by atoms with Crippen LogP contribution in [0.4, 0.5) is 4.79 Å².